The fraction of sp³-hybridized carbons (Fsp3) is 0.0588. The van der Waals surface area contributed by atoms with Crippen LogP contribution in [0, 0.1) is 0 Å². The summed E-state index contributed by atoms with van der Waals surface area (Å²) in [4.78, 5) is 11.8. The van der Waals surface area contributed by atoms with Gasteiger partial charge in [-0.1, -0.05) is 11.6 Å². The van der Waals surface area contributed by atoms with Crippen molar-refractivity contribution in [3.05, 3.63) is 65.4 Å². The zero-order valence-corrected chi connectivity index (χ0v) is 15.7. The smallest absolute Gasteiger partial charge is 0.340 e. The Morgan fingerprint density at radius 2 is 1.93 bits per heavy atom. The average Bonchev–Trinajstić information content (AvgIpc) is 3.14. The summed E-state index contributed by atoms with van der Waals surface area (Å²) in [6.07, 6.45) is 2.55. The number of aromatic nitrogens is 2. The maximum Gasteiger partial charge on any atom is 0.340 e. The number of nitrogens with zero attached hydrogens (tertiary/aromatic N) is 2. The van der Waals surface area contributed by atoms with Crippen molar-refractivity contribution >= 4 is 39.0 Å². The molecule has 27 heavy (non-hydrogen) atoms. The lowest BCUT2D eigenvalue weighted by Crippen LogP contribution is -2.16. The van der Waals surface area contributed by atoms with Gasteiger partial charge in [-0.05, 0) is 42.5 Å². The number of halogens is 1. The minimum Gasteiger partial charge on any atom is -0.465 e. The highest BCUT2D eigenvalue weighted by Gasteiger charge is 2.21. The molecule has 0 amide bonds. The Balaban J connectivity index is 1.92. The van der Waals surface area contributed by atoms with Gasteiger partial charge in [0.05, 0.1) is 36.4 Å². The molecular formula is C17H15ClN4O4S. The summed E-state index contributed by atoms with van der Waals surface area (Å²) in [5.74, 6) is -0.711. The summed E-state index contributed by atoms with van der Waals surface area (Å²) < 4.78 is 33.8. The SMILES string of the molecule is COC(=O)c1cc(N)ccc1NS(=O)(=O)c1cnn(-c2ccc(Cl)cc2)c1. The molecule has 1 aromatic heterocycles. The fourth-order valence-electron chi connectivity index (χ4n) is 2.31. The molecule has 0 saturated heterocycles. The largest absolute Gasteiger partial charge is 0.465 e. The number of nitrogens with one attached hydrogen (secondary N) is 1. The molecule has 0 bridgehead atoms. The second kappa shape index (κ2) is 7.29. The third-order valence-electron chi connectivity index (χ3n) is 3.65. The van der Waals surface area contributed by atoms with Gasteiger partial charge in [-0.15, -0.1) is 0 Å². The van der Waals surface area contributed by atoms with Gasteiger partial charge >= 0.3 is 5.97 Å². The quantitative estimate of drug-likeness (QED) is 0.497. The first-order valence-corrected chi connectivity index (χ1v) is 9.47. The van der Waals surface area contributed by atoms with E-state index in [1.165, 1.54) is 42.4 Å². The van der Waals surface area contributed by atoms with Crippen LogP contribution in [0.3, 0.4) is 0 Å². The molecule has 0 aliphatic carbocycles. The van der Waals surface area contributed by atoms with Gasteiger partial charge in [-0.3, -0.25) is 4.72 Å². The number of anilines is 2. The van der Waals surface area contributed by atoms with E-state index in [1.54, 1.807) is 24.3 Å². The van der Waals surface area contributed by atoms with Gasteiger partial charge in [0.2, 0.25) is 0 Å². The summed E-state index contributed by atoms with van der Waals surface area (Å²) in [6.45, 7) is 0. The van der Waals surface area contributed by atoms with Gasteiger partial charge in [-0.25, -0.2) is 17.9 Å². The van der Waals surface area contributed by atoms with Crippen LogP contribution < -0.4 is 10.5 Å². The van der Waals surface area contributed by atoms with E-state index in [9.17, 15) is 13.2 Å². The third-order valence-corrected chi connectivity index (χ3v) is 5.23. The van der Waals surface area contributed by atoms with Crippen LogP contribution in [0.1, 0.15) is 10.4 Å². The first-order chi connectivity index (χ1) is 12.8. The molecule has 0 atom stereocenters. The van der Waals surface area contributed by atoms with E-state index in [2.05, 4.69) is 14.6 Å². The number of nitrogen functional groups attached to an aromatic ring is 1. The molecule has 8 nitrogen and oxygen atoms in total. The summed E-state index contributed by atoms with van der Waals surface area (Å²) in [5, 5.41) is 4.61. The number of methoxy groups -OCH3 is 1. The van der Waals surface area contributed by atoms with Crippen molar-refractivity contribution < 1.29 is 17.9 Å². The van der Waals surface area contributed by atoms with Crippen molar-refractivity contribution in [3.8, 4) is 5.69 Å². The van der Waals surface area contributed by atoms with E-state index in [0.717, 1.165) is 0 Å². The van der Waals surface area contributed by atoms with E-state index >= 15 is 0 Å². The van der Waals surface area contributed by atoms with Crippen molar-refractivity contribution in [2.24, 2.45) is 0 Å². The number of hydrogen-bond donors (Lipinski definition) is 2. The standard InChI is InChI=1S/C17H15ClN4O4S/c1-26-17(23)15-8-12(19)4-7-16(15)21-27(24,25)14-9-20-22(10-14)13-5-2-11(18)3-6-13/h2-10,21H,19H2,1H3. The second-order valence-electron chi connectivity index (χ2n) is 5.50. The molecular weight excluding hydrogens is 392 g/mol. The molecule has 0 unspecified atom stereocenters. The number of hydrogen-bond acceptors (Lipinski definition) is 6. The molecule has 0 fully saturated rings. The molecule has 0 saturated carbocycles. The minimum absolute atomic E-state index is 0.00571. The number of nitrogens with two attached hydrogens (primary N) is 1. The Hall–Kier alpha value is -3.04. The normalized spacial score (nSPS) is 11.2. The van der Waals surface area contributed by atoms with Crippen molar-refractivity contribution in [2.45, 2.75) is 4.90 Å². The van der Waals surface area contributed by atoms with E-state index in [1.807, 2.05) is 0 Å². The zero-order valence-electron chi connectivity index (χ0n) is 14.1. The monoisotopic (exact) mass is 406 g/mol. The van der Waals surface area contributed by atoms with Crippen LogP contribution in [0.4, 0.5) is 11.4 Å². The predicted octanol–water partition coefficient (Wildman–Crippen LogP) is 2.70. The van der Waals surface area contributed by atoms with Crippen LogP contribution in [0.25, 0.3) is 5.69 Å². The first-order valence-electron chi connectivity index (χ1n) is 7.61. The Bertz CT molecular complexity index is 1090. The van der Waals surface area contributed by atoms with Crippen LogP contribution in [0.15, 0.2) is 59.8 Å². The van der Waals surface area contributed by atoms with Crippen molar-refractivity contribution in [1.82, 2.24) is 9.78 Å². The van der Waals surface area contributed by atoms with Crippen LogP contribution >= 0.6 is 11.6 Å². The molecule has 3 rings (SSSR count). The van der Waals surface area contributed by atoms with Gasteiger partial charge in [0.15, 0.2) is 0 Å². The predicted molar refractivity (Wildman–Crippen MR) is 102 cm³/mol. The van der Waals surface area contributed by atoms with Crippen LogP contribution in [-0.2, 0) is 14.8 Å². The van der Waals surface area contributed by atoms with Crippen LogP contribution in [-0.4, -0.2) is 31.3 Å². The van der Waals surface area contributed by atoms with E-state index in [0.29, 0.717) is 16.4 Å². The van der Waals surface area contributed by atoms with E-state index in [4.69, 9.17) is 17.3 Å². The highest BCUT2D eigenvalue weighted by Crippen LogP contribution is 2.24. The maximum absolute atomic E-state index is 12.7. The number of carbonyl (C=O) groups excluding carboxylic acids is 1. The van der Waals surface area contributed by atoms with Gasteiger partial charge in [0, 0.05) is 10.7 Å². The van der Waals surface area contributed by atoms with Gasteiger partial charge in [0.1, 0.15) is 4.90 Å². The number of carbonyl (C=O) groups is 1. The Morgan fingerprint density at radius 1 is 1.22 bits per heavy atom. The topological polar surface area (TPSA) is 116 Å². The minimum atomic E-state index is -3.99. The molecule has 0 spiro atoms. The molecule has 3 aromatic rings. The third kappa shape index (κ3) is 4.04. The maximum atomic E-state index is 12.7. The lowest BCUT2D eigenvalue weighted by atomic mass is 10.1. The molecule has 10 heteroatoms. The summed E-state index contributed by atoms with van der Waals surface area (Å²) in [5.41, 5.74) is 6.66. The van der Waals surface area contributed by atoms with Crippen LogP contribution in [0.2, 0.25) is 5.02 Å². The highest BCUT2D eigenvalue weighted by molar-refractivity contribution is 7.92. The molecule has 0 aliphatic rings. The molecule has 140 valence electrons. The summed E-state index contributed by atoms with van der Waals surface area (Å²) in [7, 11) is -2.80. The van der Waals surface area contributed by atoms with Crippen molar-refractivity contribution in [1.29, 1.82) is 0 Å². The fourth-order valence-corrected chi connectivity index (χ4v) is 3.45. The molecule has 3 N–H and O–H groups in total. The summed E-state index contributed by atoms with van der Waals surface area (Å²) >= 11 is 5.85. The molecule has 2 aromatic carbocycles. The Labute approximate surface area is 160 Å². The number of sulfonamides is 1. The lowest BCUT2D eigenvalue weighted by molar-refractivity contribution is 0.0602. The average molecular weight is 407 g/mol. The number of ether oxygens (including phenoxy) is 1. The molecule has 0 radical (unpaired) electrons. The van der Waals surface area contributed by atoms with E-state index < -0.39 is 16.0 Å². The molecule has 0 aliphatic heterocycles. The van der Waals surface area contributed by atoms with Crippen molar-refractivity contribution in [3.63, 3.8) is 0 Å². The number of rotatable bonds is 5. The van der Waals surface area contributed by atoms with Gasteiger partial charge in [0.25, 0.3) is 10.0 Å². The van der Waals surface area contributed by atoms with Crippen LogP contribution in [0.5, 0.6) is 0 Å². The zero-order chi connectivity index (χ0) is 19.6. The van der Waals surface area contributed by atoms with E-state index in [-0.39, 0.29) is 16.1 Å². The highest BCUT2D eigenvalue weighted by atomic mass is 35.5. The van der Waals surface area contributed by atoms with Gasteiger partial charge < -0.3 is 10.5 Å². The Morgan fingerprint density at radius 3 is 2.59 bits per heavy atom. The van der Waals surface area contributed by atoms with Gasteiger partial charge in [-0.2, -0.15) is 5.10 Å². The Kier molecular flexibility index (Phi) is 5.06. The number of esters is 1. The van der Waals surface area contributed by atoms with Crippen molar-refractivity contribution in [2.75, 3.05) is 17.6 Å². The molecule has 1 heterocycles. The number of benzene rings is 2. The second-order valence-corrected chi connectivity index (χ2v) is 7.62. The summed E-state index contributed by atoms with van der Waals surface area (Å²) in [6, 6.07) is 10.9. The first kappa shape index (κ1) is 18.7. The lowest BCUT2D eigenvalue weighted by Gasteiger charge is -2.11.